The molecule has 6 N–H and O–H groups in total. The number of terminal acetylenes is 1. The molecule has 412 valence electrons. The molecular formula is C56H84Cl2O15. The van der Waals surface area contributed by atoms with Gasteiger partial charge in [-0.15, -0.1) is 18.9 Å². The lowest BCUT2D eigenvalue weighted by Gasteiger charge is -2.17. The highest BCUT2D eigenvalue weighted by molar-refractivity contribution is 6.39. The predicted molar refractivity (Wildman–Crippen MR) is 284 cm³/mol. The maximum atomic E-state index is 12.7. The third kappa shape index (κ3) is 26.0. The number of unbranched alkanes of at least 4 members (excludes halogenated alkanes) is 18. The summed E-state index contributed by atoms with van der Waals surface area (Å²) in [5, 5.41) is 58.9. The Balaban J connectivity index is 0.000000551. The number of hydrogen-bond donors (Lipinski definition) is 6. The van der Waals surface area contributed by atoms with E-state index in [0.29, 0.717) is 12.8 Å². The summed E-state index contributed by atoms with van der Waals surface area (Å²) in [6.45, 7) is 10.7. The van der Waals surface area contributed by atoms with Gasteiger partial charge in [0.1, 0.15) is 35.1 Å². The van der Waals surface area contributed by atoms with E-state index in [9.17, 15) is 49.8 Å². The molecule has 0 aliphatic carbocycles. The van der Waals surface area contributed by atoms with E-state index in [4.69, 9.17) is 53.3 Å². The van der Waals surface area contributed by atoms with Gasteiger partial charge in [-0.1, -0.05) is 132 Å². The van der Waals surface area contributed by atoms with Gasteiger partial charge in [0, 0.05) is 44.2 Å². The number of esters is 4. The molecule has 4 atom stereocenters. The monoisotopic (exact) mass is 1070 g/mol. The zero-order valence-electron chi connectivity index (χ0n) is 44.2. The van der Waals surface area contributed by atoms with Gasteiger partial charge in [0.05, 0.1) is 36.5 Å². The van der Waals surface area contributed by atoms with Crippen LogP contribution in [0.25, 0.3) is 0 Å². The van der Waals surface area contributed by atoms with Crippen LogP contribution in [0.15, 0.2) is 12.7 Å². The van der Waals surface area contributed by atoms with Crippen molar-refractivity contribution in [3.05, 3.63) is 50.5 Å². The molecule has 1 heterocycles. The standard InChI is InChI=1S/C19H36O4.C19H34O4.C18H14Cl2O7/c2*1-3-4-5-6-7-8-9-10-11-12-13-14-18(21)15-19(22)16-23-17(2)20;1-5-9-16(11(20)13(22)10(5)19)26-14-6(2)8(17(23)25-4)12(21)7(3)15(14)27-18(9)24/h3,18-19,21-22H,1,4-16H2,2H3;1,18-19,21-22H,4-16H2,2H3;21-22H,1-4H3. The zero-order valence-corrected chi connectivity index (χ0v) is 45.7. The predicted octanol–water partition coefficient (Wildman–Crippen LogP) is 12.2. The lowest BCUT2D eigenvalue weighted by molar-refractivity contribution is -0.145. The van der Waals surface area contributed by atoms with Crippen molar-refractivity contribution in [2.24, 2.45) is 0 Å². The number of phenols is 2. The second-order valence-electron chi connectivity index (χ2n) is 18.6. The number of aromatic hydroxyl groups is 2. The minimum atomic E-state index is -0.835. The first-order valence-corrected chi connectivity index (χ1v) is 26.6. The second-order valence-corrected chi connectivity index (χ2v) is 19.3. The first-order chi connectivity index (χ1) is 34.7. The van der Waals surface area contributed by atoms with Gasteiger partial charge in [0.15, 0.2) is 23.0 Å². The van der Waals surface area contributed by atoms with Crippen LogP contribution in [-0.4, -0.2) is 99.3 Å². The Hall–Kier alpha value is -4.56. The maximum Gasteiger partial charge on any atom is 0.347 e. The Morgan fingerprint density at radius 1 is 0.616 bits per heavy atom. The summed E-state index contributed by atoms with van der Waals surface area (Å²) in [6, 6.07) is 0. The summed E-state index contributed by atoms with van der Waals surface area (Å²) in [5.74, 6) is -0.880. The van der Waals surface area contributed by atoms with E-state index in [2.05, 4.69) is 12.5 Å². The molecule has 73 heavy (non-hydrogen) atoms. The molecule has 15 nitrogen and oxygen atoms in total. The van der Waals surface area contributed by atoms with Crippen molar-refractivity contribution in [3.8, 4) is 41.1 Å². The fraction of sp³-hybridized carbons (Fsp3) is 0.643. The molecular weight excluding hydrogens is 984 g/mol. The molecule has 0 spiro atoms. The summed E-state index contributed by atoms with van der Waals surface area (Å²) in [5.41, 5.74) is 0.264. The molecule has 0 radical (unpaired) electrons. The van der Waals surface area contributed by atoms with Gasteiger partial charge < -0.3 is 54.3 Å². The summed E-state index contributed by atoms with van der Waals surface area (Å²) >= 11 is 12.2. The van der Waals surface area contributed by atoms with Crippen LogP contribution >= 0.6 is 23.2 Å². The molecule has 0 amide bonds. The summed E-state index contributed by atoms with van der Waals surface area (Å²) in [7, 11) is 1.17. The van der Waals surface area contributed by atoms with Crippen LogP contribution in [0.4, 0.5) is 0 Å². The number of methoxy groups -OCH3 is 1. The summed E-state index contributed by atoms with van der Waals surface area (Å²) in [4.78, 5) is 46.0. The number of aliphatic hydroxyl groups excluding tert-OH is 4. The number of allylic oxidation sites excluding steroid dienone is 1. The number of rotatable bonds is 32. The number of hydrogen-bond acceptors (Lipinski definition) is 15. The summed E-state index contributed by atoms with van der Waals surface area (Å²) in [6.07, 6.45) is 30.5. The average Bonchev–Trinajstić information content (AvgIpc) is 3.51. The van der Waals surface area contributed by atoms with Crippen molar-refractivity contribution < 1.29 is 73.5 Å². The van der Waals surface area contributed by atoms with Gasteiger partial charge in [0.2, 0.25) is 0 Å². The Kier molecular flexibility index (Phi) is 34.6. The van der Waals surface area contributed by atoms with Crippen molar-refractivity contribution in [3.63, 3.8) is 0 Å². The third-order valence-electron chi connectivity index (χ3n) is 12.2. The van der Waals surface area contributed by atoms with Gasteiger partial charge in [-0.05, 0) is 58.4 Å². The first kappa shape index (κ1) is 66.5. The number of ether oxygens (including phenoxy) is 5. The van der Waals surface area contributed by atoms with Crippen LogP contribution in [0.1, 0.15) is 205 Å². The molecule has 0 aromatic heterocycles. The van der Waals surface area contributed by atoms with Crippen LogP contribution in [0.5, 0.6) is 28.7 Å². The average molecular weight is 1070 g/mol. The van der Waals surface area contributed by atoms with Crippen LogP contribution < -0.4 is 9.47 Å². The van der Waals surface area contributed by atoms with E-state index < -0.39 is 59.8 Å². The fourth-order valence-electron chi connectivity index (χ4n) is 8.06. The van der Waals surface area contributed by atoms with E-state index in [0.717, 1.165) is 44.9 Å². The molecule has 0 fully saturated rings. The van der Waals surface area contributed by atoms with Crippen LogP contribution in [0, 0.1) is 33.1 Å². The van der Waals surface area contributed by atoms with Crippen molar-refractivity contribution in [2.45, 2.75) is 213 Å². The number of carbonyl (C=O) groups excluding carboxylic acids is 4. The van der Waals surface area contributed by atoms with Crippen molar-refractivity contribution in [1.29, 1.82) is 0 Å². The zero-order chi connectivity index (χ0) is 54.9. The minimum Gasteiger partial charge on any atom is -0.507 e. The quantitative estimate of drug-likeness (QED) is 0.00998. The lowest BCUT2D eigenvalue weighted by Crippen LogP contribution is -2.23. The molecule has 17 heteroatoms. The third-order valence-corrected chi connectivity index (χ3v) is 13.1. The maximum absolute atomic E-state index is 12.7. The van der Waals surface area contributed by atoms with E-state index in [-0.39, 0.29) is 81.2 Å². The van der Waals surface area contributed by atoms with E-state index >= 15 is 0 Å². The van der Waals surface area contributed by atoms with Gasteiger partial charge in [-0.25, -0.2) is 9.59 Å². The molecule has 3 rings (SSSR count). The van der Waals surface area contributed by atoms with Crippen LogP contribution in [0.3, 0.4) is 0 Å². The number of aliphatic hydroxyl groups is 4. The van der Waals surface area contributed by atoms with Gasteiger partial charge in [-0.2, -0.15) is 0 Å². The Morgan fingerprint density at radius 2 is 1.04 bits per heavy atom. The van der Waals surface area contributed by atoms with E-state index in [1.54, 1.807) is 0 Å². The van der Waals surface area contributed by atoms with Crippen molar-refractivity contribution in [2.75, 3.05) is 20.3 Å². The highest BCUT2D eigenvalue weighted by atomic mass is 35.5. The number of halogens is 2. The Morgan fingerprint density at radius 3 is 1.47 bits per heavy atom. The largest absolute Gasteiger partial charge is 0.507 e. The molecule has 0 saturated heterocycles. The van der Waals surface area contributed by atoms with E-state index in [1.807, 2.05) is 6.08 Å². The van der Waals surface area contributed by atoms with Crippen molar-refractivity contribution in [1.82, 2.24) is 0 Å². The molecule has 1 aliphatic rings. The number of carbonyl (C=O) groups is 4. The fourth-order valence-corrected chi connectivity index (χ4v) is 8.53. The molecule has 2 aromatic carbocycles. The molecule has 0 bridgehead atoms. The normalized spacial score (nSPS) is 13.1. The van der Waals surface area contributed by atoms with Gasteiger partial charge >= 0.3 is 23.9 Å². The highest BCUT2D eigenvalue weighted by Gasteiger charge is 2.35. The molecule has 2 aromatic rings. The number of phenolic OH excluding ortho intramolecular Hbond substituents is 2. The molecule has 1 aliphatic heterocycles. The Labute approximate surface area is 443 Å². The lowest BCUT2D eigenvalue weighted by atomic mass is 10.0. The highest BCUT2D eigenvalue weighted by Crippen LogP contribution is 2.52. The smallest absolute Gasteiger partial charge is 0.347 e. The topological polar surface area (TPSA) is 236 Å². The SMILES string of the molecule is C#CCCCCCCCCCCCC(O)CC(O)COC(C)=O.C=CCCCCCCCCCCCC(O)CC(O)COC(C)=O.COC(=O)c1c(C)c2c(c(C)c1O)OC(=O)c1c(C)c(Cl)c(O)c(Cl)c1O2. The molecule has 4 unspecified atom stereocenters. The first-order valence-electron chi connectivity index (χ1n) is 25.8. The number of fused-ring (bicyclic) bond motifs is 2. The Bertz CT molecular complexity index is 2050. The van der Waals surface area contributed by atoms with Gasteiger partial charge in [0.25, 0.3) is 0 Å². The van der Waals surface area contributed by atoms with E-state index in [1.165, 1.54) is 125 Å². The molecule has 0 saturated carbocycles. The minimum absolute atomic E-state index is 0.0131. The van der Waals surface area contributed by atoms with Crippen LogP contribution in [-0.2, 0) is 23.8 Å². The number of benzene rings is 2. The van der Waals surface area contributed by atoms with Gasteiger partial charge in [-0.3, -0.25) is 9.59 Å². The van der Waals surface area contributed by atoms with Crippen molar-refractivity contribution >= 4 is 47.1 Å². The van der Waals surface area contributed by atoms with Crippen LogP contribution in [0.2, 0.25) is 10.0 Å². The summed E-state index contributed by atoms with van der Waals surface area (Å²) < 4.78 is 25.3. The second kappa shape index (κ2) is 38.1.